The molecular weight excluding hydrogens is 274 g/mol. The van der Waals surface area contributed by atoms with E-state index in [-0.39, 0.29) is 11.8 Å². The Morgan fingerprint density at radius 1 is 1.18 bits per heavy atom. The Morgan fingerprint density at radius 2 is 1.95 bits per heavy atom. The Bertz CT molecular complexity index is 731. The number of hydrogen-bond donors (Lipinski definition) is 1. The third-order valence-electron chi connectivity index (χ3n) is 3.79. The van der Waals surface area contributed by atoms with Gasteiger partial charge in [0.1, 0.15) is 0 Å². The van der Waals surface area contributed by atoms with Crippen molar-refractivity contribution < 1.29 is 4.79 Å². The largest absolute Gasteiger partial charge is 0.350 e. The molecule has 1 atom stereocenters. The van der Waals surface area contributed by atoms with Gasteiger partial charge in [-0.15, -0.1) is 0 Å². The Kier molecular flexibility index (Phi) is 4.19. The lowest BCUT2D eigenvalue weighted by Gasteiger charge is -2.14. The summed E-state index contributed by atoms with van der Waals surface area (Å²) < 4.78 is 1.82. The normalized spacial score (nSPS) is 12.2. The molecule has 1 unspecified atom stereocenters. The zero-order valence-electron chi connectivity index (χ0n) is 12.6. The molecule has 0 aliphatic heterocycles. The lowest BCUT2D eigenvalue weighted by Crippen LogP contribution is -2.28. The number of amides is 1. The molecule has 2 aromatic heterocycles. The molecule has 0 radical (unpaired) electrons. The van der Waals surface area contributed by atoms with Gasteiger partial charge in [-0.05, 0) is 30.2 Å². The Hall–Kier alpha value is -2.62. The fraction of sp³-hybridized carbons (Fsp3) is 0.222. The summed E-state index contributed by atoms with van der Waals surface area (Å²) in [6.07, 6.45) is 2.68. The van der Waals surface area contributed by atoms with Gasteiger partial charge in [-0.2, -0.15) is 5.10 Å². The molecule has 0 saturated heterocycles. The average molecular weight is 293 g/mol. The molecule has 1 aromatic carbocycles. The highest BCUT2D eigenvalue weighted by atomic mass is 16.1. The van der Waals surface area contributed by atoms with Crippen LogP contribution >= 0.6 is 0 Å². The first-order valence-corrected chi connectivity index (χ1v) is 7.54. The zero-order chi connectivity index (χ0) is 15.4. The summed E-state index contributed by atoms with van der Waals surface area (Å²) in [5.41, 5.74) is 2.95. The zero-order valence-corrected chi connectivity index (χ0v) is 12.6. The molecule has 1 N–H and O–H groups in total. The van der Waals surface area contributed by atoms with Crippen LogP contribution in [0.25, 0.3) is 5.52 Å². The number of nitrogens with one attached hydrogen (secondary N) is 1. The van der Waals surface area contributed by atoms with Crippen LogP contribution in [-0.4, -0.2) is 15.5 Å². The SMILES string of the molecule is CCC(C(=O)NCc1cc2ccccn2n1)c1ccccc1. The Morgan fingerprint density at radius 3 is 2.68 bits per heavy atom. The van der Waals surface area contributed by atoms with E-state index in [1.54, 1.807) is 0 Å². The summed E-state index contributed by atoms with van der Waals surface area (Å²) in [6.45, 7) is 2.48. The summed E-state index contributed by atoms with van der Waals surface area (Å²) in [4.78, 5) is 12.4. The molecule has 0 aliphatic rings. The summed E-state index contributed by atoms with van der Waals surface area (Å²) in [7, 11) is 0. The smallest absolute Gasteiger partial charge is 0.227 e. The van der Waals surface area contributed by atoms with Gasteiger partial charge >= 0.3 is 0 Å². The van der Waals surface area contributed by atoms with E-state index in [0.29, 0.717) is 6.54 Å². The predicted molar refractivity (Wildman–Crippen MR) is 86.5 cm³/mol. The highest BCUT2D eigenvalue weighted by Gasteiger charge is 2.18. The molecule has 0 fully saturated rings. The van der Waals surface area contributed by atoms with E-state index in [0.717, 1.165) is 23.2 Å². The Labute approximate surface area is 129 Å². The Balaban J connectivity index is 1.68. The van der Waals surface area contributed by atoms with Crippen molar-refractivity contribution in [2.75, 3.05) is 0 Å². The number of rotatable bonds is 5. The third-order valence-corrected chi connectivity index (χ3v) is 3.79. The van der Waals surface area contributed by atoms with E-state index in [9.17, 15) is 4.79 Å². The van der Waals surface area contributed by atoms with Crippen LogP contribution in [0.2, 0.25) is 0 Å². The number of pyridine rings is 1. The van der Waals surface area contributed by atoms with Crippen LogP contribution in [0.4, 0.5) is 0 Å². The van der Waals surface area contributed by atoms with Crippen molar-refractivity contribution in [1.29, 1.82) is 0 Å². The number of fused-ring (bicyclic) bond motifs is 1. The van der Waals surface area contributed by atoms with Crippen molar-refractivity contribution in [2.45, 2.75) is 25.8 Å². The van der Waals surface area contributed by atoms with Gasteiger partial charge in [-0.1, -0.05) is 43.3 Å². The van der Waals surface area contributed by atoms with E-state index in [1.165, 1.54) is 0 Å². The van der Waals surface area contributed by atoms with Crippen LogP contribution in [-0.2, 0) is 11.3 Å². The van der Waals surface area contributed by atoms with Gasteiger partial charge in [0.15, 0.2) is 0 Å². The molecule has 0 bridgehead atoms. The maximum absolute atomic E-state index is 12.4. The van der Waals surface area contributed by atoms with Crippen LogP contribution in [0.3, 0.4) is 0 Å². The van der Waals surface area contributed by atoms with E-state index >= 15 is 0 Å². The number of benzene rings is 1. The van der Waals surface area contributed by atoms with E-state index in [2.05, 4.69) is 10.4 Å². The fourth-order valence-corrected chi connectivity index (χ4v) is 2.64. The second-order valence-corrected chi connectivity index (χ2v) is 5.30. The lowest BCUT2D eigenvalue weighted by atomic mass is 9.96. The molecular formula is C18H19N3O. The minimum absolute atomic E-state index is 0.0470. The van der Waals surface area contributed by atoms with Gasteiger partial charge in [0.2, 0.25) is 5.91 Å². The van der Waals surface area contributed by atoms with Crippen molar-refractivity contribution in [3.8, 4) is 0 Å². The minimum Gasteiger partial charge on any atom is -0.350 e. The molecule has 4 nitrogen and oxygen atoms in total. The summed E-state index contributed by atoms with van der Waals surface area (Å²) in [6, 6.07) is 17.8. The molecule has 1 amide bonds. The van der Waals surface area contributed by atoms with Crippen LogP contribution in [0.15, 0.2) is 60.8 Å². The van der Waals surface area contributed by atoms with Gasteiger partial charge in [-0.25, -0.2) is 4.52 Å². The van der Waals surface area contributed by atoms with Crippen LogP contribution in [0.5, 0.6) is 0 Å². The van der Waals surface area contributed by atoms with Gasteiger partial charge in [-0.3, -0.25) is 4.79 Å². The van der Waals surface area contributed by atoms with Crippen molar-refractivity contribution in [1.82, 2.24) is 14.9 Å². The molecule has 2 heterocycles. The fourth-order valence-electron chi connectivity index (χ4n) is 2.64. The van der Waals surface area contributed by atoms with Crippen molar-refractivity contribution in [3.05, 3.63) is 72.1 Å². The van der Waals surface area contributed by atoms with Gasteiger partial charge in [0.05, 0.1) is 23.7 Å². The highest BCUT2D eigenvalue weighted by Crippen LogP contribution is 2.19. The molecule has 112 valence electrons. The second kappa shape index (κ2) is 6.43. The highest BCUT2D eigenvalue weighted by molar-refractivity contribution is 5.83. The maximum Gasteiger partial charge on any atom is 0.227 e. The number of carbonyl (C=O) groups is 1. The van der Waals surface area contributed by atoms with Crippen LogP contribution in [0.1, 0.15) is 30.5 Å². The monoisotopic (exact) mass is 293 g/mol. The first-order chi connectivity index (χ1) is 10.8. The van der Waals surface area contributed by atoms with Crippen molar-refractivity contribution >= 4 is 11.4 Å². The first kappa shape index (κ1) is 14.3. The van der Waals surface area contributed by atoms with Crippen LogP contribution < -0.4 is 5.32 Å². The third kappa shape index (κ3) is 3.01. The molecule has 0 saturated carbocycles. The van der Waals surface area contributed by atoms with E-state index in [1.807, 2.05) is 72.2 Å². The lowest BCUT2D eigenvalue weighted by molar-refractivity contribution is -0.122. The molecule has 22 heavy (non-hydrogen) atoms. The first-order valence-electron chi connectivity index (χ1n) is 7.54. The standard InChI is InChI=1S/C18H19N3O/c1-2-17(14-8-4-3-5-9-14)18(22)19-13-15-12-16-10-6-7-11-21(16)20-15/h3-12,17H,2,13H2,1H3,(H,19,22). The molecule has 3 aromatic rings. The minimum atomic E-state index is -0.113. The van der Waals surface area contributed by atoms with Gasteiger partial charge < -0.3 is 5.32 Å². The van der Waals surface area contributed by atoms with Crippen molar-refractivity contribution in [3.63, 3.8) is 0 Å². The van der Waals surface area contributed by atoms with E-state index < -0.39 is 0 Å². The molecule has 0 aliphatic carbocycles. The van der Waals surface area contributed by atoms with Gasteiger partial charge in [0, 0.05) is 6.20 Å². The summed E-state index contributed by atoms with van der Waals surface area (Å²) in [5, 5.41) is 7.44. The summed E-state index contributed by atoms with van der Waals surface area (Å²) in [5.74, 6) is -0.0658. The number of carbonyl (C=O) groups excluding carboxylic acids is 1. The van der Waals surface area contributed by atoms with Gasteiger partial charge in [0.25, 0.3) is 0 Å². The predicted octanol–water partition coefficient (Wildman–Crippen LogP) is 3.14. The molecule has 0 spiro atoms. The number of hydrogen-bond acceptors (Lipinski definition) is 2. The average Bonchev–Trinajstić information content (AvgIpc) is 2.97. The summed E-state index contributed by atoms with van der Waals surface area (Å²) >= 11 is 0. The second-order valence-electron chi connectivity index (χ2n) is 5.30. The van der Waals surface area contributed by atoms with E-state index in [4.69, 9.17) is 0 Å². The molecule has 4 heteroatoms. The number of nitrogens with zero attached hydrogens (tertiary/aromatic N) is 2. The quantitative estimate of drug-likeness (QED) is 0.785. The topological polar surface area (TPSA) is 46.4 Å². The number of aromatic nitrogens is 2. The maximum atomic E-state index is 12.4. The molecule has 3 rings (SSSR count). The van der Waals surface area contributed by atoms with Crippen molar-refractivity contribution in [2.24, 2.45) is 0 Å². The van der Waals surface area contributed by atoms with Crippen LogP contribution in [0, 0.1) is 0 Å².